The fourth-order valence-electron chi connectivity index (χ4n) is 2.39. The van der Waals surface area contributed by atoms with Crippen molar-refractivity contribution in [2.24, 2.45) is 0 Å². The second kappa shape index (κ2) is 3.26. The fourth-order valence-corrected chi connectivity index (χ4v) is 2.39. The van der Waals surface area contributed by atoms with Crippen LogP contribution < -0.4 is 10.2 Å². The van der Waals surface area contributed by atoms with Gasteiger partial charge in [-0.1, -0.05) is 0 Å². The van der Waals surface area contributed by atoms with Crippen LogP contribution in [0.15, 0.2) is 18.2 Å². The molecule has 1 N–H and O–H groups in total. The molecule has 2 aliphatic rings. The zero-order valence-corrected chi connectivity index (χ0v) is 8.62. The van der Waals surface area contributed by atoms with Gasteiger partial charge in [0.25, 0.3) is 5.91 Å². The van der Waals surface area contributed by atoms with Crippen molar-refractivity contribution in [3.8, 4) is 0 Å². The van der Waals surface area contributed by atoms with E-state index in [4.69, 9.17) is 0 Å². The van der Waals surface area contributed by atoms with E-state index in [2.05, 4.69) is 22.3 Å². The third-order valence-corrected chi connectivity index (χ3v) is 3.24. The summed E-state index contributed by atoms with van der Waals surface area (Å²) in [6.07, 6.45) is 2.57. The number of nitrogens with zero attached hydrogens (tertiary/aromatic N) is 1. The van der Waals surface area contributed by atoms with Crippen LogP contribution in [0.5, 0.6) is 0 Å². The van der Waals surface area contributed by atoms with Crippen molar-refractivity contribution in [2.75, 3.05) is 18.0 Å². The largest absolute Gasteiger partial charge is 0.372 e. The van der Waals surface area contributed by atoms with Gasteiger partial charge in [-0.05, 0) is 36.6 Å². The average molecular weight is 202 g/mol. The monoisotopic (exact) mass is 202 g/mol. The number of hydrogen-bond acceptors (Lipinski definition) is 2. The van der Waals surface area contributed by atoms with E-state index in [0.717, 1.165) is 24.2 Å². The topological polar surface area (TPSA) is 32.3 Å². The minimum atomic E-state index is 0.0676. The molecule has 2 heterocycles. The van der Waals surface area contributed by atoms with E-state index < -0.39 is 0 Å². The van der Waals surface area contributed by atoms with Gasteiger partial charge < -0.3 is 10.2 Å². The summed E-state index contributed by atoms with van der Waals surface area (Å²) in [5.74, 6) is 0.0676. The summed E-state index contributed by atoms with van der Waals surface area (Å²) in [5, 5.41) is 2.85. The van der Waals surface area contributed by atoms with Gasteiger partial charge in [-0.25, -0.2) is 0 Å². The van der Waals surface area contributed by atoms with Gasteiger partial charge in [-0.3, -0.25) is 4.79 Å². The number of amides is 1. The number of nitrogens with one attached hydrogen (secondary N) is 1. The maximum atomic E-state index is 11.4. The maximum absolute atomic E-state index is 11.4. The predicted molar refractivity (Wildman–Crippen MR) is 59.1 cm³/mol. The maximum Gasteiger partial charge on any atom is 0.251 e. The molecule has 1 amide bonds. The molecular weight excluding hydrogens is 188 g/mol. The van der Waals surface area contributed by atoms with Crippen LogP contribution in [0.2, 0.25) is 0 Å². The molecule has 0 spiro atoms. The molecule has 0 radical (unpaired) electrons. The highest BCUT2D eigenvalue weighted by molar-refractivity contribution is 5.98. The molecule has 0 saturated carbocycles. The van der Waals surface area contributed by atoms with Crippen LogP contribution in [-0.4, -0.2) is 19.0 Å². The van der Waals surface area contributed by atoms with Gasteiger partial charge in [0.15, 0.2) is 0 Å². The van der Waals surface area contributed by atoms with Gasteiger partial charge in [0, 0.05) is 30.9 Å². The van der Waals surface area contributed by atoms with Crippen LogP contribution in [0, 0.1) is 0 Å². The molecule has 0 aromatic heterocycles. The first-order valence-corrected chi connectivity index (χ1v) is 5.51. The summed E-state index contributed by atoms with van der Waals surface area (Å²) in [6, 6.07) is 6.17. The smallest absolute Gasteiger partial charge is 0.251 e. The molecule has 1 aromatic carbocycles. The fraction of sp³-hybridized carbons (Fsp3) is 0.417. The molecule has 0 atom stereocenters. The Morgan fingerprint density at radius 2 is 2.00 bits per heavy atom. The van der Waals surface area contributed by atoms with E-state index in [9.17, 15) is 4.79 Å². The number of anilines is 1. The van der Waals surface area contributed by atoms with Crippen LogP contribution in [0.25, 0.3) is 0 Å². The highest BCUT2D eigenvalue weighted by Gasteiger charge is 2.20. The molecule has 0 bridgehead atoms. The summed E-state index contributed by atoms with van der Waals surface area (Å²) in [6.45, 7) is 3.00. The van der Waals surface area contributed by atoms with Crippen LogP contribution in [0.3, 0.4) is 0 Å². The van der Waals surface area contributed by atoms with Crippen molar-refractivity contribution in [1.29, 1.82) is 0 Å². The first kappa shape index (κ1) is 8.77. The van der Waals surface area contributed by atoms with Gasteiger partial charge >= 0.3 is 0 Å². The first-order valence-electron chi connectivity index (χ1n) is 5.51. The summed E-state index contributed by atoms with van der Waals surface area (Å²) < 4.78 is 0. The van der Waals surface area contributed by atoms with E-state index in [-0.39, 0.29) is 5.91 Å². The SMILES string of the molecule is O=C1NCc2cc(N3CCCC3)ccc21. The van der Waals surface area contributed by atoms with Crippen molar-refractivity contribution < 1.29 is 4.79 Å². The molecule has 2 aliphatic heterocycles. The number of rotatable bonds is 1. The van der Waals surface area contributed by atoms with Crippen molar-refractivity contribution >= 4 is 11.6 Å². The summed E-state index contributed by atoms with van der Waals surface area (Å²) >= 11 is 0. The Balaban J connectivity index is 1.95. The van der Waals surface area contributed by atoms with Gasteiger partial charge in [0.05, 0.1) is 0 Å². The normalized spacial score (nSPS) is 19.2. The predicted octanol–water partition coefficient (Wildman–Crippen LogP) is 1.53. The molecule has 1 saturated heterocycles. The van der Waals surface area contributed by atoms with Crippen LogP contribution >= 0.6 is 0 Å². The van der Waals surface area contributed by atoms with Gasteiger partial charge in [0.2, 0.25) is 0 Å². The quantitative estimate of drug-likeness (QED) is 0.749. The number of benzene rings is 1. The lowest BCUT2D eigenvalue weighted by molar-refractivity contribution is 0.0966. The molecular formula is C12H14N2O. The second-order valence-corrected chi connectivity index (χ2v) is 4.22. The lowest BCUT2D eigenvalue weighted by Crippen LogP contribution is -2.17. The first-order chi connectivity index (χ1) is 7.34. The summed E-state index contributed by atoms with van der Waals surface area (Å²) in [4.78, 5) is 13.8. The van der Waals surface area contributed by atoms with E-state index in [1.807, 2.05) is 6.07 Å². The number of carbonyl (C=O) groups excluding carboxylic acids is 1. The van der Waals surface area contributed by atoms with Crippen LogP contribution in [0.1, 0.15) is 28.8 Å². The summed E-state index contributed by atoms with van der Waals surface area (Å²) in [5.41, 5.74) is 3.25. The lowest BCUT2D eigenvalue weighted by atomic mass is 10.1. The van der Waals surface area contributed by atoms with Gasteiger partial charge in [-0.15, -0.1) is 0 Å². The van der Waals surface area contributed by atoms with Gasteiger partial charge in [0.1, 0.15) is 0 Å². The van der Waals surface area contributed by atoms with E-state index in [1.54, 1.807) is 0 Å². The zero-order chi connectivity index (χ0) is 10.3. The zero-order valence-electron chi connectivity index (χ0n) is 8.62. The second-order valence-electron chi connectivity index (χ2n) is 4.22. The number of carbonyl (C=O) groups is 1. The number of fused-ring (bicyclic) bond motifs is 1. The Morgan fingerprint density at radius 1 is 1.20 bits per heavy atom. The summed E-state index contributed by atoms with van der Waals surface area (Å²) in [7, 11) is 0. The average Bonchev–Trinajstić information content (AvgIpc) is 2.88. The van der Waals surface area contributed by atoms with E-state index in [0.29, 0.717) is 6.54 Å². The highest BCUT2D eigenvalue weighted by Crippen LogP contribution is 2.25. The molecule has 0 unspecified atom stereocenters. The minimum absolute atomic E-state index is 0.0676. The molecule has 3 heteroatoms. The molecule has 78 valence electrons. The standard InChI is InChI=1S/C12H14N2O/c15-12-11-4-3-10(7-9(11)8-13-12)14-5-1-2-6-14/h3-4,7H,1-2,5-6,8H2,(H,13,15). The Labute approximate surface area is 89.1 Å². The van der Waals surface area contributed by atoms with Gasteiger partial charge in [-0.2, -0.15) is 0 Å². The molecule has 1 aromatic rings. The minimum Gasteiger partial charge on any atom is -0.372 e. The van der Waals surface area contributed by atoms with Crippen LogP contribution in [-0.2, 0) is 6.54 Å². The molecule has 0 aliphatic carbocycles. The lowest BCUT2D eigenvalue weighted by Gasteiger charge is -2.18. The Kier molecular flexibility index (Phi) is 1.91. The van der Waals surface area contributed by atoms with E-state index in [1.165, 1.54) is 18.5 Å². The molecule has 1 fully saturated rings. The van der Waals surface area contributed by atoms with Crippen LogP contribution in [0.4, 0.5) is 5.69 Å². The van der Waals surface area contributed by atoms with Crippen molar-refractivity contribution in [3.05, 3.63) is 29.3 Å². The third kappa shape index (κ3) is 1.39. The van der Waals surface area contributed by atoms with Crippen molar-refractivity contribution in [3.63, 3.8) is 0 Å². The molecule has 3 nitrogen and oxygen atoms in total. The molecule has 3 rings (SSSR count). The number of hydrogen-bond donors (Lipinski definition) is 1. The Bertz CT molecular complexity index is 408. The van der Waals surface area contributed by atoms with Crippen molar-refractivity contribution in [2.45, 2.75) is 19.4 Å². The Hall–Kier alpha value is -1.51. The highest BCUT2D eigenvalue weighted by atomic mass is 16.1. The van der Waals surface area contributed by atoms with E-state index >= 15 is 0 Å². The Morgan fingerprint density at radius 3 is 2.80 bits per heavy atom. The molecule has 15 heavy (non-hydrogen) atoms. The third-order valence-electron chi connectivity index (χ3n) is 3.24. The van der Waals surface area contributed by atoms with Crippen molar-refractivity contribution in [1.82, 2.24) is 5.32 Å².